The summed E-state index contributed by atoms with van der Waals surface area (Å²) >= 11 is 0. The number of primary amides is 1. The Balaban J connectivity index is 3.02. The first-order valence-electron chi connectivity index (χ1n) is 11.1. The standard InChI is InChI=1S/C22H29N5O11/c23-12(5-6-17(30)31)19(34)25-14(9-18(32)33)21(36)26-13(8-16(24)29)20(35)27-15(22(37)38)7-10-1-3-11(28)4-2-10/h1-4,12-15,28H,5-9,23H2,(H2,24,29)(H,25,34)(H,26,36)(H,27,35)(H,30,31)(H,32,33)(H,37,38). The number of nitrogens with two attached hydrogens (primary N) is 2. The van der Waals surface area contributed by atoms with Gasteiger partial charge in [0.25, 0.3) is 0 Å². The van der Waals surface area contributed by atoms with Crippen LogP contribution in [0.3, 0.4) is 0 Å². The predicted molar refractivity (Wildman–Crippen MR) is 126 cm³/mol. The van der Waals surface area contributed by atoms with Gasteiger partial charge in [-0.1, -0.05) is 12.1 Å². The number of amides is 4. The maximum Gasteiger partial charge on any atom is 0.326 e. The number of hydrogen-bond acceptors (Lipinski definition) is 9. The highest BCUT2D eigenvalue weighted by molar-refractivity contribution is 5.97. The van der Waals surface area contributed by atoms with Gasteiger partial charge in [-0.2, -0.15) is 0 Å². The van der Waals surface area contributed by atoms with Crippen LogP contribution in [-0.4, -0.2) is 86.1 Å². The van der Waals surface area contributed by atoms with Crippen LogP contribution in [0.1, 0.15) is 31.2 Å². The van der Waals surface area contributed by atoms with Crippen LogP contribution in [0, 0.1) is 0 Å². The van der Waals surface area contributed by atoms with Crippen LogP contribution in [-0.2, 0) is 40.0 Å². The van der Waals surface area contributed by atoms with E-state index in [4.69, 9.17) is 21.7 Å². The van der Waals surface area contributed by atoms with Crippen LogP contribution >= 0.6 is 0 Å². The highest BCUT2D eigenvalue weighted by Gasteiger charge is 2.32. The van der Waals surface area contributed by atoms with Crippen molar-refractivity contribution in [1.29, 1.82) is 0 Å². The molecule has 16 nitrogen and oxygen atoms in total. The largest absolute Gasteiger partial charge is 0.508 e. The van der Waals surface area contributed by atoms with Gasteiger partial charge in [0.1, 0.15) is 23.9 Å². The smallest absolute Gasteiger partial charge is 0.326 e. The number of carbonyl (C=O) groups is 7. The lowest BCUT2D eigenvalue weighted by molar-refractivity contribution is -0.143. The second kappa shape index (κ2) is 14.7. The fraction of sp³-hybridized carbons (Fsp3) is 0.409. The molecule has 1 aromatic rings. The second-order valence-corrected chi connectivity index (χ2v) is 8.20. The summed E-state index contributed by atoms with van der Waals surface area (Å²) in [6, 6.07) is -1.01. The van der Waals surface area contributed by atoms with Crippen LogP contribution in [0.15, 0.2) is 24.3 Å². The Hall–Kier alpha value is -4.73. The molecule has 0 saturated heterocycles. The fourth-order valence-corrected chi connectivity index (χ4v) is 3.10. The van der Waals surface area contributed by atoms with E-state index >= 15 is 0 Å². The molecule has 208 valence electrons. The van der Waals surface area contributed by atoms with Gasteiger partial charge in [-0.3, -0.25) is 28.8 Å². The van der Waals surface area contributed by atoms with Crippen molar-refractivity contribution in [3.63, 3.8) is 0 Å². The molecule has 0 bridgehead atoms. The van der Waals surface area contributed by atoms with Crippen molar-refractivity contribution in [3.05, 3.63) is 29.8 Å². The second-order valence-electron chi connectivity index (χ2n) is 8.20. The third-order valence-electron chi connectivity index (χ3n) is 5.05. The average molecular weight is 539 g/mol. The predicted octanol–water partition coefficient (Wildman–Crippen LogP) is -2.98. The Morgan fingerprint density at radius 1 is 0.737 bits per heavy atom. The number of aliphatic carboxylic acids is 3. The Labute approximate surface area is 215 Å². The first-order valence-corrected chi connectivity index (χ1v) is 11.1. The Morgan fingerprint density at radius 3 is 1.71 bits per heavy atom. The minimum absolute atomic E-state index is 0.0697. The van der Waals surface area contributed by atoms with Crippen molar-refractivity contribution in [1.82, 2.24) is 16.0 Å². The summed E-state index contributed by atoms with van der Waals surface area (Å²) in [7, 11) is 0. The zero-order valence-electron chi connectivity index (χ0n) is 20.0. The first-order chi connectivity index (χ1) is 17.7. The van der Waals surface area contributed by atoms with E-state index in [0.29, 0.717) is 5.56 Å². The van der Waals surface area contributed by atoms with Gasteiger partial charge < -0.3 is 47.8 Å². The minimum atomic E-state index is -1.79. The van der Waals surface area contributed by atoms with Gasteiger partial charge in [-0.15, -0.1) is 0 Å². The van der Waals surface area contributed by atoms with Crippen molar-refractivity contribution in [2.24, 2.45) is 11.5 Å². The molecular formula is C22H29N5O11. The van der Waals surface area contributed by atoms with E-state index in [1.807, 2.05) is 0 Å². The van der Waals surface area contributed by atoms with Gasteiger partial charge in [-0.25, -0.2) is 4.79 Å². The number of carbonyl (C=O) groups excluding carboxylic acids is 4. The number of nitrogens with one attached hydrogen (secondary N) is 3. The third kappa shape index (κ3) is 11.3. The molecule has 0 spiro atoms. The molecule has 0 radical (unpaired) electrons. The van der Waals surface area contributed by atoms with Gasteiger partial charge in [0.05, 0.1) is 18.9 Å². The number of hydrogen-bond donors (Lipinski definition) is 9. The van der Waals surface area contributed by atoms with Crippen molar-refractivity contribution in [2.45, 2.75) is 56.3 Å². The molecule has 1 aromatic carbocycles. The number of benzene rings is 1. The number of carboxylic acids is 3. The minimum Gasteiger partial charge on any atom is -0.508 e. The van der Waals surface area contributed by atoms with E-state index < -0.39 is 85.0 Å². The summed E-state index contributed by atoms with van der Waals surface area (Å²) in [4.78, 5) is 82.8. The molecule has 0 aliphatic heterocycles. The Kier molecular flexibility index (Phi) is 12.1. The molecule has 4 unspecified atom stereocenters. The monoisotopic (exact) mass is 539 g/mol. The molecule has 0 aromatic heterocycles. The molecular weight excluding hydrogens is 510 g/mol. The molecule has 0 fully saturated rings. The molecule has 16 heteroatoms. The third-order valence-corrected chi connectivity index (χ3v) is 5.05. The quantitative estimate of drug-likeness (QED) is 0.102. The number of phenols is 1. The SMILES string of the molecule is NC(=O)CC(NC(=O)C(CC(=O)O)NC(=O)C(N)CCC(=O)O)C(=O)NC(Cc1ccc(O)cc1)C(=O)O. The fourth-order valence-electron chi connectivity index (χ4n) is 3.10. The normalized spacial score (nSPS) is 13.7. The van der Waals surface area contributed by atoms with Crippen LogP contribution in [0.4, 0.5) is 0 Å². The summed E-state index contributed by atoms with van der Waals surface area (Å²) in [6.45, 7) is 0. The number of carboxylic acid groups (broad SMARTS) is 3. The van der Waals surface area contributed by atoms with Crippen LogP contribution in [0.25, 0.3) is 0 Å². The molecule has 4 atom stereocenters. The van der Waals surface area contributed by atoms with Crippen LogP contribution in [0.2, 0.25) is 0 Å². The van der Waals surface area contributed by atoms with E-state index in [1.165, 1.54) is 24.3 Å². The van der Waals surface area contributed by atoms with E-state index in [9.17, 15) is 43.8 Å². The summed E-state index contributed by atoms with van der Waals surface area (Å²) in [5.41, 5.74) is 11.1. The summed E-state index contributed by atoms with van der Waals surface area (Å²) < 4.78 is 0. The van der Waals surface area contributed by atoms with Crippen molar-refractivity contribution in [3.8, 4) is 5.75 Å². The van der Waals surface area contributed by atoms with Gasteiger partial charge in [0, 0.05) is 12.8 Å². The summed E-state index contributed by atoms with van der Waals surface area (Å²) in [5, 5.41) is 42.9. The molecule has 0 saturated carbocycles. The maximum absolute atomic E-state index is 12.8. The zero-order chi connectivity index (χ0) is 29.0. The summed E-state index contributed by atoms with van der Waals surface area (Å²) in [5.74, 6) is -8.76. The molecule has 4 amide bonds. The maximum atomic E-state index is 12.8. The number of aromatic hydroxyl groups is 1. The zero-order valence-corrected chi connectivity index (χ0v) is 20.0. The van der Waals surface area contributed by atoms with E-state index in [0.717, 1.165) is 0 Å². The summed E-state index contributed by atoms with van der Waals surface area (Å²) in [6.07, 6.45) is -2.78. The van der Waals surface area contributed by atoms with E-state index in [2.05, 4.69) is 16.0 Å². The van der Waals surface area contributed by atoms with Crippen LogP contribution in [0.5, 0.6) is 5.75 Å². The van der Waals surface area contributed by atoms with E-state index in [1.54, 1.807) is 0 Å². The van der Waals surface area contributed by atoms with Gasteiger partial charge in [0.15, 0.2) is 0 Å². The molecule has 0 aliphatic rings. The Morgan fingerprint density at radius 2 is 1.24 bits per heavy atom. The van der Waals surface area contributed by atoms with Gasteiger partial charge >= 0.3 is 17.9 Å². The average Bonchev–Trinajstić information content (AvgIpc) is 2.81. The van der Waals surface area contributed by atoms with Crippen molar-refractivity contribution < 1.29 is 54.0 Å². The molecule has 0 aliphatic carbocycles. The number of rotatable bonds is 16. The lowest BCUT2D eigenvalue weighted by Crippen LogP contribution is -2.58. The van der Waals surface area contributed by atoms with E-state index in [-0.39, 0.29) is 18.6 Å². The molecule has 38 heavy (non-hydrogen) atoms. The molecule has 1 rings (SSSR count). The molecule has 11 N–H and O–H groups in total. The lowest BCUT2D eigenvalue weighted by Gasteiger charge is -2.24. The number of phenolic OH excluding ortho intramolecular Hbond substituents is 1. The van der Waals surface area contributed by atoms with Crippen LogP contribution < -0.4 is 27.4 Å². The highest BCUT2D eigenvalue weighted by Crippen LogP contribution is 2.12. The Bertz CT molecular complexity index is 1060. The van der Waals surface area contributed by atoms with Crippen molar-refractivity contribution >= 4 is 41.5 Å². The van der Waals surface area contributed by atoms with Gasteiger partial charge in [-0.05, 0) is 24.1 Å². The topological polar surface area (TPSA) is 289 Å². The van der Waals surface area contributed by atoms with Gasteiger partial charge in [0.2, 0.25) is 23.6 Å². The molecule has 0 heterocycles. The highest BCUT2D eigenvalue weighted by atomic mass is 16.4. The first kappa shape index (κ1) is 31.3. The lowest BCUT2D eigenvalue weighted by atomic mass is 10.0. The van der Waals surface area contributed by atoms with Crippen molar-refractivity contribution in [2.75, 3.05) is 0 Å².